The van der Waals surface area contributed by atoms with Crippen molar-refractivity contribution < 1.29 is 14.4 Å². The minimum Gasteiger partial charge on any atom is -0.487 e. The van der Waals surface area contributed by atoms with Gasteiger partial charge >= 0.3 is 5.69 Å². The van der Waals surface area contributed by atoms with E-state index in [1.54, 1.807) is 19.2 Å². The van der Waals surface area contributed by atoms with Gasteiger partial charge in [0.15, 0.2) is 5.75 Å². The molecular formula is C15H24N2O4. The summed E-state index contributed by atoms with van der Waals surface area (Å²) >= 11 is 0. The van der Waals surface area contributed by atoms with Crippen molar-refractivity contribution in [2.24, 2.45) is 0 Å². The average molecular weight is 296 g/mol. The summed E-state index contributed by atoms with van der Waals surface area (Å²) in [7, 11) is 1.66. The average Bonchev–Trinajstić information content (AvgIpc) is 2.45. The van der Waals surface area contributed by atoms with E-state index in [4.69, 9.17) is 9.47 Å². The summed E-state index contributed by atoms with van der Waals surface area (Å²) < 4.78 is 10.7. The molecule has 6 nitrogen and oxygen atoms in total. The number of nitrogens with one attached hydrogen (secondary N) is 1. The van der Waals surface area contributed by atoms with Gasteiger partial charge in [-0.1, -0.05) is 19.9 Å². The smallest absolute Gasteiger partial charge is 0.310 e. The third kappa shape index (κ3) is 5.69. The lowest BCUT2D eigenvalue weighted by Gasteiger charge is -2.17. The van der Waals surface area contributed by atoms with E-state index in [1.807, 2.05) is 13.8 Å². The van der Waals surface area contributed by atoms with Crippen molar-refractivity contribution in [1.82, 2.24) is 5.32 Å². The summed E-state index contributed by atoms with van der Waals surface area (Å²) in [6.07, 6.45) is 1.55. The number of ether oxygens (including phenoxy) is 2. The number of nitro benzene ring substituents is 1. The number of rotatable bonds is 10. The Morgan fingerprint density at radius 3 is 2.71 bits per heavy atom. The van der Waals surface area contributed by atoms with Crippen LogP contribution >= 0.6 is 0 Å². The summed E-state index contributed by atoms with van der Waals surface area (Å²) in [5, 5.41) is 14.3. The minimum atomic E-state index is -0.411. The molecule has 6 heteroatoms. The summed E-state index contributed by atoms with van der Waals surface area (Å²) in [4.78, 5) is 10.6. The molecule has 0 saturated heterocycles. The Bertz CT molecular complexity index is 445. The number of hydrogen-bond donors (Lipinski definition) is 1. The fourth-order valence-corrected chi connectivity index (χ4v) is 2.13. The molecule has 1 rings (SSSR count). The molecule has 1 N–H and O–H groups in total. The van der Waals surface area contributed by atoms with Crippen molar-refractivity contribution in [2.75, 3.05) is 26.9 Å². The first-order chi connectivity index (χ1) is 10.1. The standard InChI is InChI=1S/C15H24N2O4/c1-4-8-21-15-10-12(6-7-14(15)17(18)19)9-13(11-20-3)16-5-2/h6-7,10,13,16H,4-5,8-9,11H2,1-3H3. The van der Waals surface area contributed by atoms with Crippen LogP contribution in [0.4, 0.5) is 5.69 Å². The maximum absolute atomic E-state index is 11.0. The Kier molecular flexibility index (Phi) is 7.71. The molecule has 0 aromatic heterocycles. The van der Waals surface area contributed by atoms with Crippen LogP contribution in [0.5, 0.6) is 5.75 Å². The van der Waals surface area contributed by atoms with Gasteiger partial charge in [-0.2, -0.15) is 0 Å². The van der Waals surface area contributed by atoms with Gasteiger partial charge in [-0.3, -0.25) is 10.1 Å². The number of likely N-dealkylation sites (N-methyl/N-ethyl adjacent to an activating group) is 1. The summed E-state index contributed by atoms with van der Waals surface area (Å²) in [6.45, 7) is 5.92. The van der Waals surface area contributed by atoms with Gasteiger partial charge in [0.05, 0.1) is 18.1 Å². The van der Waals surface area contributed by atoms with Crippen LogP contribution < -0.4 is 10.1 Å². The van der Waals surface area contributed by atoms with E-state index in [9.17, 15) is 10.1 Å². The van der Waals surface area contributed by atoms with Crippen LogP contribution in [0.25, 0.3) is 0 Å². The number of methoxy groups -OCH3 is 1. The SMILES string of the molecule is CCCOc1cc(CC(COC)NCC)ccc1[N+](=O)[O-]. The Morgan fingerprint density at radius 2 is 2.14 bits per heavy atom. The summed E-state index contributed by atoms with van der Waals surface area (Å²) in [5.41, 5.74) is 1.01. The van der Waals surface area contributed by atoms with Gasteiger partial charge in [-0.15, -0.1) is 0 Å². The highest BCUT2D eigenvalue weighted by Crippen LogP contribution is 2.28. The van der Waals surface area contributed by atoms with Crippen molar-refractivity contribution in [3.63, 3.8) is 0 Å². The van der Waals surface area contributed by atoms with E-state index in [-0.39, 0.29) is 11.7 Å². The molecule has 0 bridgehead atoms. The first kappa shape index (κ1) is 17.4. The van der Waals surface area contributed by atoms with E-state index in [2.05, 4.69) is 5.32 Å². The van der Waals surface area contributed by atoms with Crippen LogP contribution in [0.15, 0.2) is 18.2 Å². The van der Waals surface area contributed by atoms with Gasteiger partial charge in [0, 0.05) is 19.2 Å². The van der Waals surface area contributed by atoms with Crippen molar-refractivity contribution in [2.45, 2.75) is 32.7 Å². The third-order valence-electron chi connectivity index (χ3n) is 3.03. The van der Waals surface area contributed by atoms with Crippen LogP contribution in [0.2, 0.25) is 0 Å². The van der Waals surface area contributed by atoms with Gasteiger partial charge in [0.25, 0.3) is 0 Å². The molecule has 118 valence electrons. The molecule has 0 aliphatic carbocycles. The maximum Gasteiger partial charge on any atom is 0.310 e. The highest BCUT2D eigenvalue weighted by molar-refractivity contribution is 5.48. The van der Waals surface area contributed by atoms with E-state index in [0.29, 0.717) is 19.0 Å². The second-order valence-corrected chi connectivity index (χ2v) is 4.82. The second kappa shape index (κ2) is 9.31. The molecule has 1 unspecified atom stereocenters. The fourth-order valence-electron chi connectivity index (χ4n) is 2.13. The quantitative estimate of drug-likeness (QED) is 0.530. The number of benzene rings is 1. The summed E-state index contributed by atoms with van der Waals surface area (Å²) in [5.74, 6) is 0.340. The Hall–Kier alpha value is -1.66. The zero-order valence-electron chi connectivity index (χ0n) is 12.9. The zero-order valence-corrected chi connectivity index (χ0v) is 12.9. The Morgan fingerprint density at radius 1 is 1.38 bits per heavy atom. The minimum absolute atomic E-state index is 0.0129. The lowest BCUT2D eigenvalue weighted by atomic mass is 10.1. The molecule has 0 saturated carbocycles. The van der Waals surface area contributed by atoms with Crippen molar-refractivity contribution >= 4 is 5.69 Å². The van der Waals surface area contributed by atoms with E-state index in [1.165, 1.54) is 6.07 Å². The number of nitrogens with zero attached hydrogens (tertiary/aromatic N) is 1. The lowest BCUT2D eigenvalue weighted by molar-refractivity contribution is -0.385. The van der Waals surface area contributed by atoms with Crippen molar-refractivity contribution in [1.29, 1.82) is 0 Å². The van der Waals surface area contributed by atoms with Gasteiger partial charge in [-0.25, -0.2) is 0 Å². The van der Waals surface area contributed by atoms with E-state index < -0.39 is 4.92 Å². The van der Waals surface area contributed by atoms with Crippen LogP contribution in [-0.2, 0) is 11.2 Å². The molecule has 0 aliphatic heterocycles. The number of hydrogen-bond acceptors (Lipinski definition) is 5. The molecule has 0 radical (unpaired) electrons. The molecular weight excluding hydrogens is 272 g/mol. The molecule has 1 aromatic carbocycles. The second-order valence-electron chi connectivity index (χ2n) is 4.82. The van der Waals surface area contributed by atoms with Gasteiger partial charge in [0.2, 0.25) is 0 Å². The van der Waals surface area contributed by atoms with Crippen LogP contribution in [-0.4, -0.2) is 37.8 Å². The van der Waals surface area contributed by atoms with E-state index in [0.717, 1.165) is 24.9 Å². The lowest BCUT2D eigenvalue weighted by Crippen LogP contribution is -2.34. The van der Waals surface area contributed by atoms with Crippen molar-refractivity contribution in [3.8, 4) is 5.75 Å². The molecule has 0 amide bonds. The predicted octanol–water partition coefficient (Wildman–Crippen LogP) is 2.55. The zero-order chi connectivity index (χ0) is 15.7. The monoisotopic (exact) mass is 296 g/mol. The van der Waals surface area contributed by atoms with Crippen LogP contribution in [0.3, 0.4) is 0 Å². The third-order valence-corrected chi connectivity index (χ3v) is 3.03. The first-order valence-electron chi connectivity index (χ1n) is 7.24. The molecule has 0 aliphatic rings. The first-order valence-corrected chi connectivity index (χ1v) is 7.24. The van der Waals surface area contributed by atoms with Gasteiger partial charge < -0.3 is 14.8 Å². The van der Waals surface area contributed by atoms with Gasteiger partial charge in [-0.05, 0) is 31.0 Å². The molecule has 1 atom stereocenters. The van der Waals surface area contributed by atoms with Gasteiger partial charge in [0.1, 0.15) is 0 Å². The number of nitro groups is 1. The highest BCUT2D eigenvalue weighted by atomic mass is 16.6. The fraction of sp³-hybridized carbons (Fsp3) is 0.600. The molecule has 0 heterocycles. The molecule has 1 aromatic rings. The van der Waals surface area contributed by atoms with E-state index >= 15 is 0 Å². The Balaban J connectivity index is 2.89. The highest BCUT2D eigenvalue weighted by Gasteiger charge is 2.17. The Labute approximate surface area is 125 Å². The topological polar surface area (TPSA) is 73.6 Å². The predicted molar refractivity (Wildman–Crippen MR) is 81.9 cm³/mol. The summed E-state index contributed by atoms with van der Waals surface area (Å²) in [6, 6.07) is 5.22. The van der Waals surface area contributed by atoms with Crippen LogP contribution in [0, 0.1) is 10.1 Å². The van der Waals surface area contributed by atoms with Crippen molar-refractivity contribution in [3.05, 3.63) is 33.9 Å². The molecule has 21 heavy (non-hydrogen) atoms. The normalized spacial score (nSPS) is 12.1. The van der Waals surface area contributed by atoms with Crippen LogP contribution in [0.1, 0.15) is 25.8 Å². The molecule has 0 fully saturated rings. The molecule has 0 spiro atoms. The largest absolute Gasteiger partial charge is 0.487 e. The maximum atomic E-state index is 11.0.